The highest BCUT2D eigenvalue weighted by molar-refractivity contribution is 5.90. The summed E-state index contributed by atoms with van der Waals surface area (Å²) in [5, 5.41) is 26.1. The largest absolute Gasteiger partial charge is 0.387 e. The number of aliphatic hydroxyl groups is 1. The fourth-order valence-electron chi connectivity index (χ4n) is 4.44. The Morgan fingerprint density at radius 1 is 1.41 bits per heavy atom. The van der Waals surface area contributed by atoms with Crippen molar-refractivity contribution in [1.29, 1.82) is 5.26 Å². The topological polar surface area (TPSA) is 107 Å². The molecule has 0 aromatic carbocycles. The van der Waals surface area contributed by atoms with Gasteiger partial charge in [-0.25, -0.2) is 18.0 Å². The number of anilines is 1. The predicted octanol–water partition coefficient (Wildman–Crippen LogP) is 3.86. The fraction of sp³-hybridized carbons (Fsp3) is 0.524. The van der Waals surface area contributed by atoms with Gasteiger partial charge in [-0.05, 0) is 19.4 Å². The molecule has 2 aromatic rings. The molecule has 2 amide bonds. The maximum atomic E-state index is 15.1. The van der Waals surface area contributed by atoms with Crippen molar-refractivity contribution in [3.05, 3.63) is 40.7 Å². The van der Waals surface area contributed by atoms with Gasteiger partial charge < -0.3 is 15.3 Å². The number of aromatic nitrogens is 3. The average molecular weight is 484 g/mol. The van der Waals surface area contributed by atoms with E-state index in [1.807, 2.05) is 6.07 Å². The van der Waals surface area contributed by atoms with E-state index >= 15 is 8.78 Å². The van der Waals surface area contributed by atoms with Crippen molar-refractivity contribution in [2.24, 2.45) is 0 Å². The highest BCUT2D eigenvalue weighted by atomic mass is 19.3. The molecule has 4 rings (SSSR count). The van der Waals surface area contributed by atoms with Gasteiger partial charge in [0, 0.05) is 30.6 Å². The van der Waals surface area contributed by atoms with Gasteiger partial charge in [0.15, 0.2) is 5.82 Å². The van der Waals surface area contributed by atoms with Crippen molar-refractivity contribution in [3.63, 3.8) is 0 Å². The van der Waals surface area contributed by atoms with E-state index in [0.717, 1.165) is 16.9 Å². The minimum absolute atomic E-state index is 0.108. The number of nitrogens with one attached hydrogen (secondary N) is 1. The highest BCUT2D eigenvalue weighted by Gasteiger charge is 2.48. The monoisotopic (exact) mass is 484 g/mol. The molecule has 182 valence electrons. The summed E-state index contributed by atoms with van der Waals surface area (Å²) >= 11 is 0. The Kier molecular flexibility index (Phi) is 5.97. The van der Waals surface area contributed by atoms with Crippen molar-refractivity contribution in [2.45, 2.75) is 69.7 Å². The van der Waals surface area contributed by atoms with Crippen LogP contribution in [0.15, 0.2) is 12.3 Å². The molecule has 13 heteroatoms. The maximum Gasteiger partial charge on any atom is 0.322 e. The maximum absolute atomic E-state index is 15.1. The van der Waals surface area contributed by atoms with Crippen LogP contribution in [0, 0.1) is 17.1 Å². The first kappa shape index (κ1) is 23.9. The highest BCUT2D eigenvalue weighted by Crippen LogP contribution is 2.43. The molecule has 2 aromatic heterocycles. The van der Waals surface area contributed by atoms with Gasteiger partial charge in [-0.15, -0.1) is 0 Å². The molecule has 0 spiro atoms. The summed E-state index contributed by atoms with van der Waals surface area (Å²) in [7, 11) is 0. The zero-order valence-corrected chi connectivity index (χ0v) is 18.0. The van der Waals surface area contributed by atoms with Crippen LogP contribution in [-0.2, 0) is 25.4 Å². The summed E-state index contributed by atoms with van der Waals surface area (Å²) < 4.78 is 71.4. The molecule has 0 radical (unpaired) electrons. The van der Waals surface area contributed by atoms with Crippen molar-refractivity contribution >= 4 is 11.7 Å². The van der Waals surface area contributed by atoms with Gasteiger partial charge >= 0.3 is 6.03 Å². The Morgan fingerprint density at radius 2 is 2.15 bits per heavy atom. The predicted molar refractivity (Wildman–Crippen MR) is 107 cm³/mol. The van der Waals surface area contributed by atoms with Gasteiger partial charge in [0.05, 0.1) is 42.6 Å². The van der Waals surface area contributed by atoms with E-state index in [-0.39, 0.29) is 37.9 Å². The molecule has 0 aliphatic carbocycles. The third kappa shape index (κ3) is 4.18. The third-order valence-electron chi connectivity index (χ3n) is 6.21. The van der Waals surface area contributed by atoms with Gasteiger partial charge in [-0.2, -0.15) is 19.1 Å². The van der Waals surface area contributed by atoms with Crippen molar-refractivity contribution in [1.82, 2.24) is 19.7 Å². The fourth-order valence-corrected chi connectivity index (χ4v) is 4.44. The van der Waals surface area contributed by atoms with E-state index in [0.29, 0.717) is 5.69 Å². The first-order valence-corrected chi connectivity index (χ1v) is 10.5. The standard InChI is InChI=1S/C21H21F5N6O2/c1-11-8-14-12(17-21(25,26)4-3-20(34,5-6-27)10-32(17)30-14)9-31(11)19(33)29-13-2-7-28-16(15(13)22)18(23)24/h2,7,11,18,34H,3-5,8-10H2,1H3,(H,28,29,33)/t11-,20?/m1/s1. The van der Waals surface area contributed by atoms with Gasteiger partial charge in [-0.3, -0.25) is 9.67 Å². The number of amides is 2. The van der Waals surface area contributed by atoms with Crippen LogP contribution in [-0.4, -0.2) is 42.4 Å². The number of halogens is 5. The Bertz CT molecular complexity index is 1160. The second-order valence-electron chi connectivity index (χ2n) is 8.66. The van der Waals surface area contributed by atoms with Crippen LogP contribution in [0.25, 0.3) is 0 Å². The lowest BCUT2D eigenvalue weighted by atomic mass is 9.92. The second-order valence-corrected chi connectivity index (χ2v) is 8.66. The molecule has 2 aliphatic heterocycles. The van der Waals surface area contributed by atoms with Crippen LogP contribution in [0.5, 0.6) is 0 Å². The summed E-state index contributed by atoms with van der Waals surface area (Å²) in [5.41, 5.74) is -3.27. The molecule has 1 unspecified atom stereocenters. The number of hydrogen-bond donors (Lipinski definition) is 2. The lowest BCUT2D eigenvalue weighted by Gasteiger charge is -2.33. The molecule has 0 bridgehead atoms. The van der Waals surface area contributed by atoms with E-state index in [1.54, 1.807) is 6.92 Å². The van der Waals surface area contributed by atoms with Crippen molar-refractivity contribution in [3.8, 4) is 6.07 Å². The number of nitriles is 1. The number of nitrogens with zero attached hydrogens (tertiary/aromatic N) is 5. The van der Waals surface area contributed by atoms with Crippen LogP contribution >= 0.6 is 0 Å². The smallest absolute Gasteiger partial charge is 0.322 e. The molecule has 4 heterocycles. The minimum atomic E-state index is -3.37. The Hall–Kier alpha value is -3.27. The normalized spacial score (nSPS) is 23.6. The zero-order valence-electron chi connectivity index (χ0n) is 18.0. The van der Waals surface area contributed by atoms with Crippen LogP contribution in [0.1, 0.15) is 55.3 Å². The zero-order chi connectivity index (χ0) is 24.8. The lowest BCUT2D eigenvalue weighted by molar-refractivity contribution is -0.0395. The van der Waals surface area contributed by atoms with Gasteiger partial charge in [0.25, 0.3) is 12.3 Å². The van der Waals surface area contributed by atoms with Gasteiger partial charge in [-0.1, -0.05) is 0 Å². The number of hydrogen-bond acceptors (Lipinski definition) is 5. The molecule has 2 aliphatic rings. The van der Waals surface area contributed by atoms with Crippen LogP contribution in [0.3, 0.4) is 0 Å². The number of urea groups is 1. The van der Waals surface area contributed by atoms with E-state index in [2.05, 4.69) is 15.4 Å². The Labute approximate surface area is 191 Å². The van der Waals surface area contributed by atoms with Crippen LogP contribution in [0.2, 0.25) is 0 Å². The Morgan fingerprint density at radius 3 is 2.82 bits per heavy atom. The summed E-state index contributed by atoms with van der Waals surface area (Å²) in [5.74, 6) is -4.74. The summed E-state index contributed by atoms with van der Waals surface area (Å²) in [6, 6.07) is 1.45. The number of carbonyl (C=O) groups excluding carboxylic acids is 1. The number of alkyl halides is 4. The molecule has 2 N–H and O–H groups in total. The van der Waals surface area contributed by atoms with Crippen LogP contribution < -0.4 is 5.32 Å². The van der Waals surface area contributed by atoms with Crippen LogP contribution in [0.4, 0.5) is 32.4 Å². The molecule has 34 heavy (non-hydrogen) atoms. The quantitative estimate of drug-likeness (QED) is 0.644. The number of pyridine rings is 1. The van der Waals surface area contributed by atoms with Gasteiger partial charge in [0.1, 0.15) is 11.4 Å². The second kappa shape index (κ2) is 8.50. The minimum Gasteiger partial charge on any atom is -0.387 e. The van der Waals surface area contributed by atoms with E-state index < -0.39 is 59.3 Å². The molecular weight excluding hydrogens is 463 g/mol. The van der Waals surface area contributed by atoms with E-state index in [1.165, 1.54) is 4.90 Å². The molecule has 0 fully saturated rings. The molecular formula is C21H21F5N6O2. The first-order chi connectivity index (χ1) is 16.0. The summed E-state index contributed by atoms with van der Waals surface area (Å²) in [6.07, 6.45) is -3.49. The van der Waals surface area contributed by atoms with Crippen molar-refractivity contribution < 1.29 is 31.9 Å². The molecule has 0 saturated heterocycles. The third-order valence-corrected chi connectivity index (χ3v) is 6.21. The first-order valence-electron chi connectivity index (χ1n) is 10.5. The molecule has 0 saturated carbocycles. The number of carbonyl (C=O) groups is 1. The molecule has 2 atom stereocenters. The molecule has 8 nitrogen and oxygen atoms in total. The van der Waals surface area contributed by atoms with Gasteiger partial charge in [0.2, 0.25) is 0 Å². The lowest BCUT2D eigenvalue weighted by Crippen LogP contribution is -2.45. The van der Waals surface area contributed by atoms with E-state index in [4.69, 9.17) is 5.26 Å². The number of fused-ring (bicyclic) bond motifs is 3. The summed E-state index contributed by atoms with van der Waals surface area (Å²) in [4.78, 5) is 17.3. The SMILES string of the molecule is C[C@@H]1Cc2nn3c(c2CN1C(=O)Nc1ccnc(C(F)F)c1F)C(F)(F)CCC(O)(CC#N)C3. The average Bonchev–Trinajstić information content (AvgIpc) is 3.05. The number of rotatable bonds is 3. The Balaban J connectivity index is 1.64. The van der Waals surface area contributed by atoms with E-state index in [9.17, 15) is 23.1 Å². The van der Waals surface area contributed by atoms with Crippen molar-refractivity contribution in [2.75, 3.05) is 5.32 Å². The summed E-state index contributed by atoms with van der Waals surface area (Å²) in [6.45, 7) is 1.07.